The second-order valence-electron chi connectivity index (χ2n) is 18.8. The zero-order valence-corrected chi connectivity index (χ0v) is 44.1. The largest absolute Gasteiger partial charge is 0.511 e. The number of aryl methyl sites for hydroxylation is 1. The third-order valence-corrected chi connectivity index (χ3v) is 13.9. The van der Waals surface area contributed by atoms with Crippen LogP contribution >= 0.6 is 11.6 Å². The molecule has 9 rings (SSSR count). The first-order valence-corrected chi connectivity index (χ1v) is 26.2. The molecule has 80 heavy (non-hydrogen) atoms. The molecule has 4 heterocycles. The van der Waals surface area contributed by atoms with Crippen molar-refractivity contribution in [1.82, 2.24) is 29.8 Å². The molecule has 0 amide bonds. The average Bonchev–Trinajstić information content (AvgIpc) is 4.36. The molecule has 0 spiro atoms. The Kier molecular flexibility index (Phi) is 18.0. The molecule has 0 N–H and O–H groups in total. The van der Waals surface area contributed by atoms with E-state index in [9.17, 15) is 34.6 Å². The van der Waals surface area contributed by atoms with Gasteiger partial charge in [-0.05, 0) is 63.1 Å². The van der Waals surface area contributed by atoms with Gasteiger partial charge in [-0.3, -0.25) is 4.79 Å². The first-order valence-electron chi connectivity index (χ1n) is 25.8. The molecule has 0 aliphatic carbocycles. The van der Waals surface area contributed by atoms with Gasteiger partial charge in [0.15, 0.2) is 28.9 Å². The van der Waals surface area contributed by atoms with Crippen molar-refractivity contribution in [2.75, 3.05) is 19.8 Å². The van der Waals surface area contributed by atoms with Crippen LogP contribution in [0.3, 0.4) is 0 Å². The second kappa shape index (κ2) is 25.8. The smallest absolute Gasteiger partial charge is 0.457 e. The number of benzene rings is 5. The highest BCUT2D eigenvalue weighted by Gasteiger charge is 2.51. The van der Waals surface area contributed by atoms with Gasteiger partial charge in [0, 0.05) is 31.9 Å². The molecule has 5 aromatic carbocycles. The molecule has 23 nitrogen and oxygen atoms in total. The number of halogens is 1. The number of unbranched alkanes of at least 4 members (excludes halogenated alkanes) is 1. The number of fused-ring (bicyclic) bond motifs is 1. The Morgan fingerprint density at radius 2 is 1.35 bits per heavy atom. The molecule has 0 bridgehead atoms. The summed E-state index contributed by atoms with van der Waals surface area (Å²) in [4.78, 5) is 74.0. The second-order valence-corrected chi connectivity index (χ2v) is 19.2. The van der Waals surface area contributed by atoms with Crippen LogP contribution in [-0.4, -0.2) is 115 Å². The number of rotatable bonds is 25. The maximum absolute atomic E-state index is 14.0. The number of nitrogens with zero attached hydrogens (tertiary/aromatic N) is 8. The van der Waals surface area contributed by atoms with Crippen LogP contribution in [0.5, 0.6) is 0 Å². The third-order valence-electron chi connectivity index (χ3n) is 13.6. The molecule has 0 saturated carbocycles. The van der Waals surface area contributed by atoms with Crippen LogP contribution in [0.15, 0.2) is 140 Å². The van der Waals surface area contributed by atoms with Crippen LogP contribution in [0.1, 0.15) is 84.5 Å². The number of ether oxygens (including phenoxy) is 6. The number of carbonyl (C=O) groups excluding carboxylic acids is 3. The van der Waals surface area contributed by atoms with Crippen molar-refractivity contribution < 1.29 is 62.7 Å². The van der Waals surface area contributed by atoms with Crippen LogP contribution in [0, 0.1) is 20.2 Å². The molecule has 2 saturated heterocycles. The molecule has 24 heteroatoms. The lowest BCUT2D eigenvalue weighted by Crippen LogP contribution is -2.39. The van der Waals surface area contributed by atoms with E-state index in [4.69, 9.17) is 50.3 Å². The van der Waals surface area contributed by atoms with Gasteiger partial charge in [0.25, 0.3) is 10.2 Å². The van der Waals surface area contributed by atoms with Crippen molar-refractivity contribution in [3.05, 3.63) is 199 Å². The Morgan fingerprint density at radius 1 is 0.762 bits per heavy atom. The van der Waals surface area contributed by atoms with E-state index < -0.39 is 77.2 Å². The van der Waals surface area contributed by atoms with Gasteiger partial charge in [-0.1, -0.05) is 164 Å². The minimum absolute atomic E-state index is 0.0238. The van der Waals surface area contributed by atoms with Gasteiger partial charge in [-0.2, -0.15) is 0 Å². The summed E-state index contributed by atoms with van der Waals surface area (Å²) < 4.78 is 37.0. The lowest BCUT2D eigenvalue weighted by Gasteiger charge is -2.36. The van der Waals surface area contributed by atoms with Crippen LogP contribution in [0.4, 0.5) is 4.79 Å². The van der Waals surface area contributed by atoms with E-state index >= 15 is 0 Å². The van der Waals surface area contributed by atoms with Crippen LogP contribution in [-0.2, 0) is 61.4 Å². The first-order chi connectivity index (χ1) is 38.8. The summed E-state index contributed by atoms with van der Waals surface area (Å²) in [6.45, 7) is 2.64. The summed E-state index contributed by atoms with van der Waals surface area (Å²) in [6.07, 6.45) is -5.60. The van der Waals surface area contributed by atoms with E-state index in [1.54, 1.807) is 4.57 Å². The lowest BCUT2D eigenvalue weighted by molar-refractivity contribution is -0.790. The highest BCUT2D eigenvalue weighted by Crippen LogP contribution is 2.43. The Balaban J connectivity index is 0.859. The number of carbonyl (C=O) groups is 3. The van der Waals surface area contributed by atoms with Gasteiger partial charge in [0.1, 0.15) is 36.3 Å². The normalized spacial score (nSPS) is 17.4. The zero-order chi connectivity index (χ0) is 56.2. The third kappa shape index (κ3) is 12.7. The highest BCUT2D eigenvalue weighted by molar-refractivity contribution is 6.32. The SMILES string of the molecule is CCCCc1nc(Cl)c(C(=O)OC(C)OC(=O)O[C@@H]2CO[C@@H]3[C@@H]2OC[C@H]3OC(=O)CCCC(CO[N+](=O)[O-])O[N+](=O)[O-])n1Cc1ccc(-c2ccccc2-c2nnnn2C(c2ccccc2)(c2ccccc2)c2ccccc2)cc1. The number of hydrogen-bond acceptors (Lipinski definition) is 19. The lowest BCUT2D eigenvalue weighted by atomic mass is 9.77. The summed E-state index contributed by atoms with van der Waals surface area (Å²) >= 11 is 6.70. The number of esters is 2. The van der Waals surface area contributed by atoms with E-state index in [0.29, 0.717) is 18.1 Å². The predicted octanol–water partition coefficient (Wildman–Crippen LogP) is 8.78. The molecular weight excluding hydrogens is 1060 g/mol. The van der Waals surface area contributed by atoms with Crippen molar-refractivity contribution in [3.63, 3.8) is 0 Å². The minimum atomic E-state index is -1.45. The topological polar surface area (TPSA) is 273 Å². The summed E-state index contributed by atoms with van der Waals surface area (Å²) in [5, 5.41) is 32.7. The van der Waals surface area contributed by atoms with Gasteiger partial charge in [0.2, 0.25) is 6.29 Å². The van der Waals surface area contributed by atoms with E-state index in [0.717, 1.165) is 51.8 Å². The summed E-state index contributed by atoms with van der Waals surface area (Å²) in [7, 11) is 0. The molecule has 2 aromatic heterocycles. The zero-order valence-electron chi connectivity index (χ0n) is 43.4. The fourth-order valence-electron chi connectivity index (χ4n) is 10.0. The Morgan fingerprint density at radius 3 is 1.94 bits per heavy atom. The van der Waals surface area contributed by atoms with Crippen molar-refractivity contribution in [2.45, 2.75) is 101 Å². The standard InChI is InChI=1S/C56H55ClN8O15/c1-3-4-26-47-58-52(57)49(54(67)76-36(2)77-55(68)79-46-35-74-50-45(34-73-51(46)50)78-48(66)27-16-23-42(80-65(71)72)33-75-64(69)70)62(47)32-37-28-30-38(31-29-37)43-24-14-15-25-44(43)53-59-60-61-63(53)56(39-17-8-5-9-18-39,40-19-10-6-11-20-40)41-21-12-7-13-22-41/h5-15,17-22,24-25,28-31,36,42,45-46,50-51H,3-4,16,23,26-27,32-35H2,1-2H3/t36?,42?,45-,46-,50+,51-/m1/s1. The molecule has 2 aliphatic heterocycles. The van der Waals surface area contributed by atoms with Crippen LogP contribution in [0.25, 0.3) is 22.5 Å². The monoisotopic (exact) mass is 1110 g/mol. The first kappa shape index (κ1) is 55.9. The fraction of sp³-hybridized carbons (Fsp3) is 0.339. The van der Waals surface area contributed by atoms with Crippen LogP contribution in [0.2, 0.25) is 5.15 Å². The van der Waals surface area contributed by atoms with E-state index in [1.165, 1.54) is 6.92 Å². The summed E-state index contributed by atoms with van der Waals surface area (Å²) in [6, 6.07) is 46.4. The van der Waals surface area contributed by atoms with Gasteiger partial charge < -0.3 is 42.7 Å². The molecule has 2 aliphatic rings. The molecule has 0 radical (unpaired) electrons. The quantitative estimate of drug-likeness (QED) is 0.0129. The van der Waals surface area contributed by atoms with Crippen molar-refractivity contribution in [2.24, 2.45) is 0 Å². The fourth-order valence-corrected chi connectivity index (χ4v) is 10.3. The van der Waals surface area contributed by atoms with Crippen LogP contribution < -0.4 is 0 Å². The number of hydrogen-bond donors (Lipinski definition) is 0. The Labute approximate surface area is 462 Å². The maximum Gasteiger partial charge on any atom is 0.511 e. The van der Waals surface area contributed by atoms with Gasteiger partial charge >= 0.3 is 18.1 Å². The van der Waals surface area contributed by atoms with Gasteiger partial charge in [0.05, 0.1) is 13.2 Å². The highest BCUT2D eigenvalue weighted by atomic mass is 35.5. The average molecular weight is 1120 g/mol. The summed E-state index contributed by atoms with van der Waals surface area (Å²) in [5.41, 5.74) is 5.26. The predicted molar refractivity (Wildman–Crippen MR) is 283 cm³/mol. The molecule has 2 unspecified atom stereocenters. The molecular formula is C56H55ClN8O15. The van der Waals surface area contributed by atoms with E-state index in [1.807, 2.05) is 115 Å². The molecule has 2 fully saturated rings. The van der Waals surface area contributed by atoms with Gasteiger partial charge in [-0.15, -0.1) is 25.3 Å². The van der Waals surface area contributed by atoms with Crippen molar-refractivity contribution in [1.29, 1.82) is 0 Å². The van der Waals surface area contributed by atoms with Crippen molar-refractivity contribution >= 4 is 29.7 Å². The number of imidazole rings is 1. The Bertz CT molecular complexity index is 3160. The minimum Gasteiger partial charge on any atom is -0.457 e. The van der Waals surface area contributed by atoms with E-state index in [-0.39, 0.29) is 49.9 Å². The Hall–Kier alpha value is -8.80. The number of tetrazole rings is 1. The number of aromatic nitrogens is 6. The molecule has 7 aromatic rings. The maximum atomic E-state index is 14.0. The van der Waals surface area contributed by atoms with E-state index in [2.05, 4.69) is 56.3 Å². The van der Waals surface area contributed by atoms with Crippen molar-refractivity contribution in [3.8, 4) is 22.5 Å². The molecule has 6 atom stereocenters. The summed E-state index contributed by atoms with van der Waals surface area (Å²) in [5.74, 6) is -0.491. The van der Waals surface area contributed by atoms with Gasteiger partial charge in [-0.25, -0.2) is 19.3 Å². The molecule has 416 valence electrons.